The number of nitrogens with zero attached hydrogens (tertiary/aromatic N) is 1. The van der Waals surface area contributed by atoms with Gasteiger partial charge in [-0.05, 0) is 18.2 Å². The standard InChI is InChI=1S/C11H9NO3/c1-15-11(14)8-4-5-9(13)10-7(8)3-2-6-12-10/h2-6,13H,1H3. The summed E-state index contributed by atoms with van der Waals surface area (Å²) < 4.78 is 4.64. The van der Waals surface area contributed by atoms with E-state index in [2.05, 4.69) is 9.72 Å². The molecule has 2 rings (SSSR count). The summed E-state index contributed by atoms with van der Waals surface area (Å²) >= 11 is 0. The lowest BCUT2D eigenvalue weighted by Crippen LogP contribution is -2.02. The Morgan fingerprint density at radius 3 is 2.93 bits per heavy atom. The van der Waals surface area contributed by atoms with E-state index < -0.39 is 5.97 Å². The van der Waals surface area contributed by atoms with E-state index in [9.17, 15) is 9.90 Å². The highest BCUT2D eigenvalue weighted by atomic mass is 16.5. The van der Waals surface area contributed by atoms with Crippen molar-refractivity contribution in [3.8, 4) is 5.75 Å². The second-order valence-corrected chi connectivity index (χ2v) is 3.02. The van der Waals surface area contributed by atoms with Crippen molar-refractivity contribution in [3.05, 3.63) is 36.0 Å². The molecule has 0 spiro atoms. The van der Waals surface area contributed by atoms with Crippen LogP contribution in [0.25, 0.3) is 10.9 Å². The Labute approximate surface area is 86.1 Å². The lowest BCUT2D eigenvalue weighted by atomic mass is 10.1. The number of aromatic hydroxyl groups is 1. The third kappa shape index (κ3) is 1.50. The smallest absolute Gasteiger partial charge is 0.338 e. The van der Waals surface area contributed by atoms with E-state index in [1.807, 2.05) is 0 Å². The number of ether oxygens (including phenoxy) is 1. The Bertz CT molecular complexity index is 522. The van der Waals surface area contributed by atoms with Crippen LogP contribution in [0.3, 0.4) is 0 Å². The predicted octanol–water partition coefficient (Wildman–Crippen LogP) is 1.73. The predicted molar refractivity (Wildman–Crippen MR) is 54.7 cm³/mol. The number of aromatic nitrogens is 1. The zero-order valence-electron chi connectivity index (χ0n) is 8.10. The summed E-state index contributed by atoms with van der Waals surface area (Å²) in [6, 6.07) is 6.37. The Hall–Kier alpha value is -2.10. The van der Waals surface area contributed by atoms with Gasteiger partial charge in [-0.25, -0.2) is 4.79 Å². The van der Waals surface area contributed by atoms with Crippen LogP contribution in [0.15, 0.2) is 30.5 Å². The highest BCUT2D eigenvalue weighted by molar-refractivity contribution is 6.04. The number of hydrogen-bond donors (Lipinski definition) is 1. The lowest BCUT2D eigenvalue weighted by Gasteiger charge is -2.04. The summed E-state index contributed by atoms with van der Waals surface area (Å²) in [6.45, 7) is 0. The van der Waals surface area contributed by atoms with Gasteiger partial charge < -0.3 is 9.84 Å². The van der Waals surface area contributed by atoms with Crippen LogP contribution < -0.4 is 0 Å². The van der Waals surface area contributed by atoms with E-state index in [1.165, 1.54) is 19.2 Å². The van der Waals surface area contributed by atoms with Crippen molar-refractivity contribution in [2.75, 3.05) is 7.11 Å². The maximum Gasteiger partial charge on any atom is 0.338 e. The SMILES string of the molecule is COC(=O)c1ccc(O)c2ncccc12. The molecule has 0 amide bonds. The van der Waals surface area contributed by atoms with Gasteiger partial charge in [0.2, 0.25) is 0 Å². The minimum Gasteiger partial charge on any atom is -0.506 e. The number of hydrogen-bond acceptors (Lipinski definition) is 4. The van der Waals surface area contributed by atoms with E-state index in [-0.39, 0.29) is 5.75 Å². The molecule has 0 saturated heterocycles. The van der Waals surface area contributed by atoms with Crippen molar-refractivity contribution in [2.24, 2.45) is 0 Å². The molecule has 0 fully saturated rings. The van der Waals surface area contributed by atoms with E-state index in [0.29, 0.717) is 16.5 Å². The van der Waals surface area contributed by atoms with E-state index in [0.717, 1.165) is 0 Å². The highest BCUT2D eigenvalue weighted by Crippen LogP contribution is 2.25. The number of methoxy groups -OCH3 is 1. The van der Waals surface area contributed by atoms with Crippen LogP contribution >= 0.6 is 0 Å². The van der Waals surface area contributed by atoms with Crippen molar-refractivity contribution in [2.45, 2.75) is 0 Å². The number of esters is 1. The van der Waals surface area contributed by atoms with Gasteiger partial charge in [0.15, 0.2) is 0 Å². The van der Waals surface area contributed by atoms with Gasteiger partial charge in [-0.15, -0.1) is 0 Å². The Morgan fingerprint density at radius 2 is 2.20 bits per heavy atom. The molecule has 4 nitrogen and oxygen atoms in total. The summed E-state index contributed by atoms with van der Waals surface area (Å²) in [5, 5.41) is 10.1. The first kappa shape index (κ1) is 9.45. The minimum absolute atomic E-state index is 0.0539. The van der Waals surface area contributed by atoms with Crippen molar-refractivity contribution in [1.82, 2.24) is 4.98 Å². The van der Waals surface area contributed by atoms with E-state index >= 15 is 0 Å². The zero-order chi connectivity index (χ0) is 10.8. The molecule has 4 heteroatoms. The van der Waals surface area contributed by atoms with Gasteiger partial charge in [-0.3, -0.25) is 4.98 Å². The molecule has 0 atom stereocenters. The molecule has 0 radical (unpaired) electrons. The lowest BCUT2D eigenvalue weighted by molar-refractivity contribution is 0.0603. The van der Waals surface area contributed by atoms with Gasteiger partial charge in [0.25, 0.3) is 0 Å². The quantitative estimate of drug-likeness (QED) is 0.717. The summed E-state index contributed by atoms with van der Waals surface area (Å²) in [6.07, 6.45) is 1.56. The monoisotopic (exact) mass is 203 g/mol. The van der Waals surface area contributed by atoms with Crippen molar-refractivity contribution in [3.63, 3.8) is 0 Å². The van der Waals surface area contributed by atoms with Gasteiger partial charge in [-0.2, -0.15) is 0 Å². The van der Waals surface area contributed by atoms with Crippen LogP contribution in [0.5, 0.6) is 5.75 Å². The van der Waals surface area contributed by atoms with Gasteiger partial charge in [0, 0.05) is 11.6 Å². The number of pyridine rings is 1. The van der Waals surface area contributed by atoms with Crippen LogP contribution in [-0.4, -0.2) is 23.2 Å². The van der Waals surface area contributed by atoms with Gasteiger partial charge in [-0.1, -0.05) is 6.07 Å². The van der Waals surface area contributed by atoms with Crippen LogP contribution in [0.4, 0.5) is 0 Å². The molecule has 1 aromatic carbocycles. The fraction of sp³-hybridized carbons (Fsp3) is 0.0909. The van der Waals surface area contributed by atoms with E-state index in [4.69, 9.17) is 0 Å². The second kappa shape index (κ2) is 3.57. The third-order valence-electron chi connectivity index (χ3n) is 2.15. The topological polar surface area (TPSA) is 59.4 Å². The maximum absolute atomic E-state index is 11.4. The zero-order valence-corrected chi connectivity index (χ0v) is 8.10. The first-order valence-corrected chi connectivity index (χ1v) is 4.39. The van der Waals surface area contributed by atoms with Gasteiger partial charge in [0.1, 0.15) is 11.3 Å². The second-order valence-electron chi connectivity index (χ2n) is 3.02. The molecule has 15 heavy (non-hydrogen) atoms. The van der Waals surface area contributed by atoms with Crippen LogP contribution in [-0.2, 0) is 4.74 Å². The Balaban J connectivity index is 2.77. The fourth-order valence-corrected chi connectivity index (χ4v) is 1.45. The molecule has 1 aromatic heterocycles. The normalized spacial score (nSPS) is 10.2. The molecule has 0 bridgehead atoms. The molecule has 1 heterocycles. The summed E-state index contributed by atoms with van der Waals surface area (Å²) in [4.78, 5) is 15.4. The third-order valence-corrected chi connectivity index (χ3v) is 2.15. The summed E-state index contributed by atoms with van der Waals surface area (Å²) in [7, 11) is 1.32. The molecule has 1 N–H and O–H groups in total. The molecule has 2 aromatic rings. The van der Waals surface area contributed by atoms with Crippen molar-refractivity contribution >= 4 is 16.9 Å². The number of phenols is 1. The Kier molecular flexibility index (Phi) is 2.25. The fourth-order valence-electron chi connectivity index (χ4n) is 1.45. The van der Waals surface area contributed by atoms with Crippen LogP contribution in [0, 0.1) is 0 Å². The van der Waals surface area contributed by atoms with Gasteiger partial charge in [0.05, 0.1) is 12.7 Å². The number of carbonyl (C=O) groups is 1. The van der Waals surface area contributed by atoms with Crippen molar-refractivity contribution < 1.29 is 14.6 Å². The molecule has 0 aliphatic rings. The summed E-state index contributed by atoms with van der Waals surface area (Å²) in [5.74, 6) is -0.383. The summed E-state index contributed by atoms with van der Waals surface area (Å²) in [5.41, 5.74) is 0.804. The molecule has 76 valence electrons. The molecule has 0 unspecified atom stereocenters. The average Bonchev–Trinajstić information content (AvgIpc) is 2.29. The number of fused-ring (bicyclic) bond motifs is 1. The molecular weight excluding hydrogens is 194 g/mol. The molecule has 0 saturated carbocycles. The minimum atomic E-state index is -0.437. The maximum atomic E-state index is 11.4. The van der Waals surface area contributed by atoms with Gasteiger partial charge >= 0.3 is 5.97 Å². The first-order valence-electron chi connectivity index (χ1n) is 4.39. The molecular formula is C11H9NO3. The number of benzene rings is 1. The number of phenolic OH excluding ortho intramolecular Hbond substituents is 1. The van der Waals surface area contributed by atoms with Crippen LogP contribution in [0.2, 0.25) is 0 Å². The molecule has 0 aliphatic heterocycles. The molecule has 0 aliphatic carbocycles. The van der Waals surface area contributed by atoms with Crippen LogP contribution in [0.1, 0.15) is 10.4 Å². The largest absolute Gasteiger partial charge is 0.506 e. The average molecular weight is 203 g/mol. The Morgan fingerprint density at radius 1 is 1.40 bits per heavy atom. The highest BCUT2D eigenvalue weighted by Gasteiger charge is 2.12. The van der Waals surface area contributed by atoms with E-state index in [1.54, 1.807) is 18.3 Å². The number of rotatable bonds is 1. The first-order chi connectivity index (χ1) is 7.24. The van der Waals surface area contributed by atoms with Crippen molar-refractivity contribution in [1.29, 1.82) is 0 Å². The number of carbonyl (C=O) groups excluding carboxylic acids is 1.